The summed E-state index contributed by atoms with van der Waals surface area (Å²) in [7, 11) is 0. The predicted molar refractivity (Wildman–Crippen MR) is 85.0 cm³/mol. The maximum atomic E-state index is 12.2. The van der Waals surface area contributed by atoms with Gasteiger partial charge >= 0.3 is 5.97 Å². The number of halogens is 1. The van der Waals surface area contributed by atoms with Crippen LogP contribution in [0.3, 0.4) is 0 Å². The fourth-order valence-corrected chi connectivity index (χ4v) is 2.23. The van der Waals surface area contributed by atoms with Gasteiger partial charge in [0.1, 0.15) is 0 Å². The zero-order chi connectivity index (χ0) is 15.6. The first-order valence-corrected chi connectivity index (χ1v) is 7.10. The third-order valence-corrected chi connectivity index (χ3v) is 4.12. The Hall–Kier alpha value is -2.14. The number of nitrogens with one attached hydrogen (secondary N) is 1. The van der Waals surface area contributed by atoms with Crippen LogP contribution in [-0.4, -0.2) is 17.0 Å². The Morgan fingerprint density at radius 3 is 2.48 bits per heavy atom. The average molecular weight is 348 g/mol. The van der Waals surface area contributed by atoms with Gasteiger partial charge in [-0.2, -0.15) is 0 Å². The summed E-state index contributed by atoms with van der Waals surface area (Å²) >= 11 is 3.39. The lowest BCUT2D eigenvalue weighted by atomic mass is 10.1. The normalized spacial score (nSPS) is 10.2. The van der Waals surface area contributed by atoms with Crippen LogP contribution in [0.15, 0.2) is 40.9 Å². The van der Waals surface area contributed by atoms with Crippen molar-refractivity contribution in [2.75, 3.05) is 5.32 Å². The zero-order valence-corrected chi connectivity index (χ0v) is 13.2. The van der Waals surface area contributed by atoms with Gasteiger partial charge in [0.2, 0.25) is 0 Å². The number of anilines is 1. The molecule has 108 valence electrons. The summed E-state index contributed by atoms with van der Waals surface area (Å²) in [5, 5.41) is 11.8. The molecule has 0 fully saturated rings. The molecule has 4 nitrogen and oxygen atoms in total. The molecule has 0 heterocycles. The quantitative estimate of drug-likeness (QED) is 0.881. The number of aryl methyl sites for hydroxylation is 1. The number of benzene rings is 2. The fourth-order valence-electron chi connectivity index (χ4n) is 1.98. The first kappa shape index (κ1) is 15.3. The van der Waals surface area contributed by atoms with Crippen LogP contribution in [-0.2, 0) is 0 Å². The van der Waals surface area contributed by atoms with Crippen molar-refractivity contribution in [2.45, 2.75) is 13.8 Å². The molecule has 2 rings (SSSR count). The number of carboxylic acids is 1. The molecule has 0 radical (unpaired) electrons. The molecule has 0 saturated heterocycles. The number of aromatic carboxylic acids is 1. The Balaban J connectivity index is 2.29. The highest BCUT2D eigenvalue weighted by Crippen LogP contribution is 2.21. The van der Waals surface area contributed by atoms with Crippen LogP contribution in [0.1, 0.15) is 31.8 Å². The summed E-state index contributed by atoms with van der Waals surface area (Å²) in [6.07, 6.45) is 0. The highest BCUT2D eigenvalue weighted by atomic mass is 79.9. The van der Waals surface area contributed by atoms with Crippen molar-refractivity contribution in [2.24, 2.45) is 0 Å². The molecule has 1 amide bonds. The third kappa shape index (κ3) is 3.31. The highest BCUT2D eigenvalue weighted by Gasteiger charge is 2.13. The second kappa shape index (κ2) is 6.10. The minimum Gasteiger partial charge on any atom is -0.478 e. The lowest BCUT2D eigenvalue weighted by molar-refractivity contribution is 0.0695. The van der Waals surface area contributed by atoms with Gasteiger partial charge in [-0.15, -0.1) is 0 Å². The van der Waals surface area contributed by atoms with E-state index in [0.29, 0.717) is 16.8 Å². The lowest BCUT2D eigenvalue weighted by Crippen LogP contribution is -2.14. The molecule has 2 aromatic carbocycles. The van der Waals surface area contributed by atoms with E-state index in [1.807, 2.05) is 13.0 Å². The maximum Gasteiger partial charge on any atom is 0.336 e. The van der Waals surface area contributed by atoms with E-state index in [1.165, 1.54) is 6.07 Å². The molecule has 0 saturated carbocycles. The molecule has 0 aliphatic carbocycles. The topological polar surface area (TPSA) is 66.4 Å². The summed E-state index contributed by atoms with van der Waals surface area (Å²) < 4.78 is 0.933. The fraction of sp³-hybridized carbons (Fsp3) is 0.125. The van der Waals surface area contributed by atoms with E-state index in [-0.39, 0.29) is 11.5 Å². The molecule has 5 heteroatoms. The Bertz CT molecular complexity index is 725. The van der Waals surface area contributed by atoms with Crippen LogP contribution in [0.5, 0.6) is 0 Å². The van der Waals surface area contributed by atoms with E-state index in [9.17, 15) is 9.59 Å². The summed E-state index contributed by atoms with van der Waals surface area (Å²) in [6, 6.07) is 10.1. The van der Waals surface area contributed by atoms with Crippen LogP contribution < -0.4 is 5.32 Å². The van der Waals surface area contributed by atoms with E-state index < -0.39 is 5.97 Å². The Morgan fingerprint density at radius 2 is 1.86 bits per heavy atom. The number of carbonyl (C=O) groups is 2. The molecule has 0 spiro atoms. The van der Waals surface area contributed by atoms with Crippen molar-refractivity contribution in [1.82, 2.24) is 0 Å². The minimum absolute atomic E-state index is 0.180. The molecule has 0 bridgehead atoms. The van der Waals surface area contributed by atoms with Crippen LogP contribution in [0.4, 0.5) is 5.69 Å². The average Bonchev–Trinajstić information content (AvgIpc) is 2.43. The van der Waals surface area contributed by atoms with Crippen molar-refractivity contribution >= 4 is 33.5 Å². The predicted octanol–water partition coefficient (Wildman–Crippen LogP) is 4.02. The number of amides is 1. The Labute approximate surface area is 130 Å². The van der Waals surface area contributed by atoms with Crippen LogP contribution >= 0.6 is 15.9 Å². The number of carbonyl (C=O) groups excluding carboxylic acids is 1. The van der Waals surface area contributed by atoms with Crippen LogP contribution in [0.2, 0.25) is 0 Å². The van der Waals surface area contributed by atoms with E-state index in [2.05, 4.69) is 21.2 Å². The monoisotopic (exact) mass is 347 g/mol. The van der Waals surface area contributed by atoms with Gasteiger partial charge in [0.05, 0.1) is 5.56 Å². The minimum atomic E-state index is -1.01. The molecule has 0 aromatic heterocycles. The van der Waals surface area contributed by atoms with Gasteiger partial charge < -0.3 is 10.4 Å². The van der Waals surface area contributed by atoms with Crippen molar-refractivity contribution in [3.05, 3.63) is 63.1 Å². The molecule has 2 N–H and O–H groups in total. The van der Waals surface area contributed by atoms with Gasteiger partial charge in [-0.25, -0.2) is 4.79 Å². The van der Waals surface area contributed by atoms with Crippen molar-refractivity contribution < 1.29 is 14.7 Å². The maximum absolute atomic E-state index is 12.2. The van der Waals surface area contributed by atoms with E-state index in [1.54, 1.807) is 31.2 Å². The standard InChI is InChI=1S/C16H14BrNO3/c1-9-8-11(6-7-13(9)17)15(19)18-14-5-3-4-12(10(14)2)16(20)21/h3-8H,1-2H3,(H,18,19)(H,20,21). The molecular weight excluding hydrogens is 334 g/mol. The van der Waals surface area contributed by atoms with Gasteiger partial charge in [0.15, 0.2) is 0 Å². The molecule has 0 unspecified atom stereocenters. The van der Waals surface area contributed by atoms with Gasteiger partial charge in [0.25, 0.3) is 5.91 Å². The van der Waals surface area contributed by atoms with Gasteiger partial charge in [0, 0.05) is 15.7 Å². The lowest BCUT2D eigenvalue weighted by Gasteiger charge is -2.11. The molecular formula is C16H14BrNO3. The molecule has 0 atom stereocenters. The molecule has 0 aliphatic heterocycles. The molecule has 2 aromatic rings. The Kier molecular flexibility index (Phi) is 4.43. The van der Waals surface area contributed by atoms with Gasteiger partial charge in [-0.05, 0) is 55.3 Å². The highest BCUT2D eigenvalue weighted by molar-refractivity contribution is 9.10. The molecule has 0 aliphatic rings. The van der Waals surface area contributed by atoms with Crippen molar-refractivity contribution in [3.8, 4) is 0 Å². The van der Waals surface area contributed by atoms with Crippen molar-refractivity contribution in [3.63, 3.8) is 0 Å². The largest absolute Gasteiger partial charge is 0.478 e. The van der Waals surface area contributed by atoms with E-state index in [4.69, 9.17) is 5.11 Å². The Morgan fingerprint density at radius 1 is 1.14 bits per heavy atom. The number of hydrogen-bond donors (Lipinski definition) is 2. The number of carboxylic acid groups (broad SMARTS) is 1. The van der Waals surface area contributed by atoms with Crippen LogP contribution in [0, 0.1) is 13.8 Å². The van der Waals surface area contributed by atoms with Gasteiger partial charge in [-0.3, -0.25) is 4.79 Å². The third-order valence-electron chi connectivity index (χ3n) is 3.23. The molecule has 21 heavy (non-hydrogen) atoms. The zero-order valence-electron chi connectivity index (χ0n) is 11.6. The second-order valence-electron chi connectivity index (χ2n) is 4.70. The second-order valence-corrected chi connectivity index (χ2v) is 5.56. The van der Waals surface area contributed by atoms with E-state index >= 15 is 0 Å². The summed E-state index contributed by atoms with van der Waals surface area (Å²) in [4.78, 5) is 23.3. The number of hydrogen-bond acceptors (Lipinski definition) is 2. The van der Waals surface area contributed by atoms with E-state index in [0.717, 1.165) is 10.0 Å². The summed E-state index contributed by atoms with van der Waals surface area (Å²) in [5.74, 6) is -1.28. The SMILES string of the molecule is Cc1cc(C(=O)Nc2cccc(C(=O)O)c2C)ccc1Br. The van der Waals surface area contributed by atoms with Crippen molar-refractivity contribution in [1.29, 1.82) is 0 Å². The van der Waals surface area contributed by atoms with Gasteiger partial charge in [-0.1, -0.05) is 22.0 Å². The smallest absolute Gasteiger partial charge is 0.336 e. The summed E-state index contributed by atoms with van der Waals surface area (Å²) in [5.41, 5.74) is 2.70. The summed E-state index contributed by atoms with van der Waals surface area (Å²) in [6.45, 7) is 3.57. The first-order valence-electron chi connectivity index (χ1n) is 6.30. The van der Waals surface area contributed by atoms with Crippen LogP contribution in [0.25, 0.3) is 0 Å². The first-order chi connectivity index (χ1) is 9.90. The number of rotatable bonds is 3.